The molecule has 2 rings (SSSR count). The van der Waals surface area contributed by atoms with Gasteiger partial charge in [0.15, 0.2) is 0 Å². The van der Waals surface area contributed by atoms with Gasteiger partial charge >= 0.3 is 0 Å². The van der Waals surface area contributed by atoms with Crippen LogP contribution >= 0.6 is 0 Å². The van der Waals surface area contributed by atoms with Crippen LogP contribution in [0.2, 0.25) is 0 Å². The van der Waals surface area contributed by atoms with E-state index in [1.807, 2.05) is 0 Å². The largest absolute Gasteiger partial charge is 0.497 e. The zero-order valence-electron chi connectivity index (χ0n) is 13.2. The number of methoxy groups -OCH3 is 1. The van der Waals surface area contributed by atoms with Gasteiger partial charge in [-0.2, -0.15) is 0 Å². The molecule has 0 aliphatic heterocycles. The maximum atomic E-state index is 5.19. The monoisotopic (exact) mass is 275 g/mol. The number of aryl methyl sites for hydroxylation is 1. The minimum atomic E-state index is 0.598. The third-order valence-corrected chi connectivity index (χ3v) is 4.35. The average Bonchev–Trinajstić information content (AvgIpc) is 3.29. The highest BCUT2D eigenvalue weighted by Crippen LogP contribution is 2.34. The van der Waals surface area contributed by atoms with E-state index < -0.39 is 0 Å². The van der Waals surface area contributed by atoms with Crippen LogP contribution in [-0.4, -0.2) is 19.2 Å². The van der Waals surface area contributed by atoms with Crippen LogP contribution in [-0.2, 0) is 6.42 Å². The summed E-state index contributed by atoms with van der Waals surface area (Å²) in [7, 11) is 1.71. The summed E-state index contributed by atoms with van der Waals surface area (Å²) in [5.41, 5.74) is 1.40. The summed E-state index contributed by atoms with van der Waals surface area (Å²) in [6, 6.07) is 9.76. The molecule has 2 unspecified atom stereocenters. The van der Waals surface area contributed by atoms with Crippen molar-refractivity contribution >= 4 is 0 Å². The van der Waals surface area contributed by atoms with E-state index in [4.69, 9.17) is 4.74 Å². The molecule has 1 aliphatic carbocycles. The van der Waals surface area contributed by atoms with E-state index in [9.17, 15) is 0 Å². The number of hydrogen-bond acceptors (Lipinski definition) is 2. The lowest BCUT2D eigenvalue weighted by Gasteiger charge is -2.22. The van der Waals surface area contributed by atoms with Gasteiger partial charge in [0.2, 0.25) is 0 Å². The van der Waals surface area contributed by atoms with Crippen LogP contribution in [0.25, 0.3) is 0 Å². The summed E-state index contributed by atoms with van der Waals surface area (Å²) in [4.78, 5) is 0. The number of ether oxygens (including phenoxy) is 1. The molecule has 1 fully saturated rings. The Bertz CT molecular complexity index is 383. The van der Waals surface area contributed by atoms with Gasteiger partial charge in [-0.05, 0) is 56.2 Å². The number of hydrogen-bond donors (Lipinski definition) is 1. The second-order valence-corrected chi connectivity index (χ2v) is 6.24. The van der Waals surface area contributed by atoms with E-state index in [1.165, 1.54) is 37.7 Å². The number of benzene rings is 1. The first-order valence-electron chi connectivity index (χ1n) is 8.10. The minimum absolute atomic E-state index is 0.598. The van der Waals surface area contributed by atoms with E-state index in [-0.39, 0.29) is 0 Å². The minimum Gasteiger partial charge on any atom is -0.497 e. The topological polar surface area (TPSA) is 21.3 Å². The fourth-order valence-corrected chi connectivity index (χ4v) is 2.77. The molecule has 0 amide bonds. The molecule has 0 radical (unpaired) electrons. The van der Waals surface area contributed by atoms with E-state index in [1.54, 1.807) is 7.11 Å². The first-order chi connectivity index (χ1) is 9.71. The molecule has 1 aromatic rings. The predicted molar refractivity (Wildman–Crippen MR) is 85.3 cm³/mol. The van der Waals surface area contributed by atoms with Gasteiger partial charge in [-0.1, -0.05) is 31.9 Å². The first-order valence-corrected chi connectivity index (χ1v) is 8.10. The third kappa shape index (κ3) is 5.16. The van der Waals surface area contributed by atoms with Crippen LogP contribution in [0.5, 0.6) is 5.75 Å². The lowest BCUT2D eigenvalue weighted by atomic mass is 10.0. The fourth-order valence-electron chi connectivity index (χ4n) is 2.77. The zero-order chi connectivity index (χ0) is 14.4. The Kier molecular flexibility index (Phi) is 5.90. The molecule has 0 heterocycles. The predicted octanol–water partition coefficient (Wildman–Crippen LogP) is 4.18. The van der Waals surface area contributed by atoms with Gasteiger partial charge < -0.3 is 10.1 Å². The SMILES string of the molecule is CCC(CC1CC1)NC(C)CCc1ccc(OC)cc1. The Morgan fingerprint density at radius 3 is 2.50 bits per heavy atom. The van der Waals surface area contributed by atoms with Crippen LogP contribution in [0.1, 0.15) is 51.5 Å². The Morgan fingerprint density at radius 2 is 1.95 bits per heavy atom. The highest BCUT2D eigenvalue weighted by molar-refractivity contribution is 5.27. The van der Waals surface area contributed by atoms with Crippen molar-refractivity contribution < 1.29 is 4.74 Å². The van der Waals surface area contributed by atoms with Gasteiger partial charge in [-0.15, -0.1) is 0 Å². The van der Waals surface area contributed by atoms with Crippen molar-refractivity contribution in [3.63, 3.8) is 0 Å². The van der Waals surface area contributed by atoms with Gasteiger partial charge in [-0.25, -0.2) is 0 Å². The second-order valence-electron chi connectivity index (χ2n) is 6.24. The summed E-state index contributed by atoms with van der Waals surface area (Å²) in [6.07, 6.45) is 7.88. The zero-order valence-corrected chi connectivity index (χ0v) is 13.2. The molecule has 2 heteroatoms. The summed E-state index contributed by atoms with van der Waals surface area (Å²) in [5.74, 6) is 1.96. The van der Waals surface area contributed by atoms with Crippen molar-refractivity contribution in [2.75, 3.05) is 7.11 Å². The summed E-state index contributed by atoms with van der Waals surface area (Å²) in [5, 5.41) is 3.81. The maximum Gasteiger partial charge on any atom is 0.118 e. The van der Waals surface area contributed by atoms with Crippen molar-refractivity contribution in [3.05, 3.63) is 29.8 Å². The fraction of sp³-hybridized carbons (Fsp3) is 0.667. The molecule has 20 heavy (non-hydrogen) atoms. The summed E-state index contributed by atoms with van der Waals surface area (Å²) >= 11 is 0. The van der Waals surface area contributed by atoms with Gasteiger partial charge in [-0.3, -0.25) is 0 Å². The molecule has 1 N–H and O–H groups in total. The van der Waals surface area contributed by atoms with Crippen LogP contribution in [0.15, 0.2) is 24.3 Å². The Morgan fingerprint density at radius 1 is 1.25 bits per heavy atom. The smallest absolute Gasteiger partial charge is 0.118 e. The van der Waals surface area contributed by atoms with Gasteiger partial charge in [0, 0.05) is 12.1 Å². The summed E-state index contributed by atoms with van der Waals surface area (Å²) in [6.45, 7) is 4.62. The van der Waals surface area contributed by atoms with E-state index in [0.717, 1.165) is 18.1 Å². The molecule has 2 atom stereocenters. The molecule has 0 aromatic heterocycles. The van der Waals surface area contributed by atoms with E-state index >= 15 is 0 Å². The van der Waals surface area contributed by atoms with Crippen LogP contribution in [0.3, 0.4) is 0 Å². The van der Waals surface area contributed by atoms with Crippen LogP contribution in [0.4, 0.5) is 0 Å². The van der Waals surface area contributed by atoms with Crippen LogP contribution < -0.4 is 10.1 Å². The molecule has 0 bridgehead atoms. The molecular formula is C18H29NO. The molecule has 1 saturated carbocycles. The second kappa shape index (κ2) is 7.68. The molecule has 0 saturated heterocycles. The molecule has 1 aromatic carbocycles. The van der Waals surface area contributed by atoms with Gasteiger partial charge in [0.25, 0.3) is 0 Å². The first kappa shape index (κ1) is 15.4. The molecule has 112 valence electrons. The highest BCUT2D eigenvalue weighted by atomic mass is 16.5. The maximum absolute atomic E-state index is 5.19. The van der Waals surface area contributed by atoms with E-state index in [2.05, 4.69) is 43.4 Å². The Balaban J connectivity index is 1.71. The van der Waals surface area contributed by atoms with Crippen LogP contribution in [0, 0.1) is 5.92 Å². The van der Waals surface area contributed by atoms with Crippen molar-refractivity contribution in [2.45, 2.75) is 64.5 Å². The number of nitrogens with one attached hydrogen (secondary N) is 1. The van der Waals surface area contributed by atoms with E-state index in [0.29, 0.717) is 12.1 Å². The Labute approximate surface area is 123 Å². The average molecular weight is 275 g/mol. The lowest BCUT2D eigenvalue weighted by Crippen LogP contribution is -2.36. The molecule has 1 aliphatic rings. The van der Waals surface area contributed by atoms with Crippen molar-refractivity contribution in [1.29, 1.82) is 0 Å². The summed E-state index contributed by atoms with van der Waals surface area (Å²) < 4.78 is 5.19. The van der Waals surface area contributed by atoms with Crippen molar-refractivity contribution in [2.24, 2.45) is 5.92 Å². The van der Waals surface area contributed by atoms with Gasteiger partial charge in [0.1, 0.15) is 5.75 Å². The molecule has 0 spiro atoms. The molecule has 2 nitrogen and oxygen atoms in total. The molecular weight excluding hydrogens is 246 g/mol. The highest BCUT2D eigenvalue weighted by Gasteiger charge is 2.25. The normalized spacial score (nSPS) is 17.8. The Hall–Kier alpha value is -1.02. The quantitative estimate of drug-likeness (QED) is 0.730. The number of rotatable bonds is 9. The lowest BCUT2D eigenvalue weighted by molar-refractivity contribution is 0.386. The van der Waals surface area contributed by atoms with Crippen molar-refractivity contribution in [1.82, 2.24) is 5.32 Å². The third-order valence-electron chi connectivity index (χ3n) is 4.35. The van der Waals surface area contributed by atoms with Crippen molar-refractivity contribution in [3.8, 4) is 5.75 Å². The standard InChI is InChI=1S/C18H29NO/c1-4-17(13-16-7-8-16)19-14(2)5-6-15-9-11-18(20-3)12-10-15/h9-12,14,16-17,19H,4-8,13H2,1-3H3. The van der Waals surface area contributed by atoms with Gasteiger partial charge in [0.05, 0.1) is 7.11 Å².